The van der Waals surface area contributed by atoms with Crippen LogP contribution in [0.3, 0.4) is 0 Å². The summed E-state index contributed by atoms with van der Waals surface area (Å²) < 4.78 is 47.4. The summed E-state index contributed by atoms with van der Waals surface area (Å²) in [4.78, 5) is 20.8. The Hall–Kier alpha value is -3.93. The average Bonchev–Trinajstić information content (AvgIpc) is 3.31. The van der Waals surface area contributed by atoms with Crippen LogP contribution in [0, 0.1) is 0 Å². The van der Waals surface area contributed by atoms with Crippen molar-refractivity contribution < 1.29 is 22.7 Å². The van der Waals surface area contributed by atoms with Crippen molar-refractivity contribution >= 4 is 22.8 Å². The van der Waals surface area contributed by atoms with Crippen LogP contribution in [0.5, 0.6) is 11.6 Å². The van der Waals surface area contributed by atoms with E-state index < -0.39 is 23.6 Å². The van der Waals surface area contributed by atoms with E-state index >= 15 is 0 Å². The van der Waals surface area contributed by atoms with E-state index in [1.807, 2.05) is 0 Å². The molecule has 32 heavy (non-hydrogen) atoms. The Morgan fingerprint density at radius 2 is 2.00 bits per heavy atom. The van der Waals surface area contributed by atoms with E-state index in [0.717, 1.165) is 16.6 Å². The molecule has 0 aliphatic rings. The first-order valence-electron chi connectivity index (χ1n) is 9.41. The molecule has 0 aliphatic carbocycles. The van der Waals surface area contributed by atoms with Crippen LogP contribution >= 0.6 is 0 Å². The van der Waals surface area contributed by atoms with Crippen LogP contribution in [0.4, 0.5) is 23.8 Å². The second-order valence-electron chi connectivity index (χ2n) is 6.88. The van der Waals surface area contributed by atoms with Crippen molar-refractivity contribution in [1.29, 1.82) is 0 Å². The number of benzene rings is 1. The highest BCUT2D eigenvalue weighted by Crippen LogP contribution is 2.34. The first-order valence-corrected chi connectivity index (χ1v) is 9.41. The molecule has 12 heteroatoms. The molecule has 0 aliphatic heterocycles. The van der Waals surface area contributed by atoms with E-state index in [-0.39, 0.29) is 0 Å². The van der Waals surface area contributed by atoms with Gasteiger partial charge >= 0.3 is 12.2 Å². The molecule has 4 rings (SSSR count). The Morgan fingerprint density at radius 3 is 2.75 bits per heavy atom. The van der Waals surface area contributed by atoms with Crippen molar-refractivity contribution in [2.24, 2.45) is 7.05 Å². The van der Waals surface area contributed by atoms with Gasteiger partial charge in [0.05, 0.1) is 11.2 Å². The lowest BCUT2D eigenvalue weighted by molar-refractivity contribution is -0.137. The molecule has 1 aromatic carbocycles. The number of aryl methyl sites for hydroxylation is 1. The van der Waals surface area contributed by atoms with Crippen LogP contribution in [0.15, 0.2) is 49.1 Å². The van der Waals surface area contributed by atoms with Crippen LogP contribution in [-0.4, -0.2) is 37.4 Å². The van der Waals surface area contributed by atoms with Crippen LogP contribution in [0.2, 0.25) is 0 Å². The normalized spacial score (nSPS) is 11.7. The number of carbonyl (C=O) groups is 1. The van der Waals surface area contributed by atoms with Crippen LogP contribution in [-0.2, 0) is 19.8 Å². The smallest absolute Gasteiger partial charge is 0.421 e. The molecule has 1 amide bonds. The number of aromatic nitrogens is 5. The van der Waals surface area contributed by atoms with E-state index in [4.69, 9.17) is 4.74 Å². The van der Waals surface area contributed by atoms with Crippen molar-refractivity contribution in [2.45, 2.75) is 12.7 Å². The molecule has 3 aromatic heterocycles. The third-order valence-electron chi connectivity index (χ3n) is 4.52. The van der Waals surface area contributed by atoms with Crippen molar-refractivity contribution in [3.8, 4) is 11.6 Å². The Kier molecular flexibility index (Phi) is 5.53. The van der Waals surface area contributed by atoms with Gasteiger partial charge in [-0.15, -0.1) is 0 Å². The number of hydrogen-bond acceptors (Lipinski definition) is 6. The molecule has 0 saturated carbocycles. The number of anilines is 1. The second kappa shape index (κ2) is 8.30. The summed E-state index contributed by atoms with van der Waals surface area (Å²) in [5.74, 6) is 0.276. The predicted molar refractivity (Wildman–Crippen MR) is 109 cm³/mol. The minimum atomic E-state index is -4.64. The maximum atomic E-state index is 13.2. The minimum Gasteiger partial charge on any atom is -0.439 e. The lowest BCUT2D eigenvalue weighted by atomic mass is 10.2. The Morgan fingerprint density at radius 1 is 1.19 bits per heavy atom. The maximum absolute atomic E-state index is 13.2. The average molecular weight is 445 g/mol. The number of rotatable bonds is 5. The number of amides is 1. The summed E-state index contributed by atoms with van der Waals surface area (Å²) in [7, 11) is 3.14. The van der Waals surface area contributed by atoms with Crippen molar-refractivity contribution in [3.63, 3.8) is 0 Å². The van der Waals surface area contributed by atoms with Crippen LogP contribution < -0.4 is 15.4 Å². The molecule has 2 N–H and O–H groups in total. The van der Waals surface area contributed by atoms with Gasteiger partial charge in [-0.05, 0) is 31.3 Å². The topological polar surface area (TPSA) is 98.9 Å². The maximum Gasteiger partial charge on any atom is 0.421 e. The molecule has 9 nitrogen and oxygen atoms in total. The Labute approximate surface area is 179 Å². The van der Waals surface area contributed by atoms with Gasteiger partial charge in [0.15, 0.2) is 5.82 Å². The lowest BCUT2D eigenvalue weighted by Gasteiger charge is -2.09. The van der Waals surface area contributed by atoms with Crippen molar-refractivity contribution in [1.82, 2.24) is 29.6 Å². The van der Waals surface area contributed by atoms with Crippen molar-refractivity contribution in [2.75, 3.05) is 12.4 Å². The monoisotopic (exact) mass is 445 g/mol. The molecule has 0 unspecified atom stereocenters. The molecule has 0 radical (unpaired) electrons. The first-order chi connectivity index (χ1) is 15.2. The van der Waals surface area contributed by atoms with E-state index in [1.165, 1.54) is 24.1 Å². The Bertz CT molecular complexity index is 1280. The SMILES string of the molecule is CNCc1cc(Oc2ccc3c(ccn3C(=O)Nc3nn(C)cc3C(F)(F)F)c2)ncn1. The van der Waals surface area contributed by atoms with Gasteiger partial charge in [0.1, 0.15) is 17.6 Å². The van der Waals surface area contributed by atoms with Gasteiger partial charge in [-0.25, -0.2) is 14.8 Å². The van der Waals surface area contributed by atoms with Crippen LogP contribution in [0.25, 0.3) is 10.9 Å². The molecule has 0 bridgehead atoms. The molecule has 4 aromatic rings. The zero-order valence-corrected chi connectivity index (χ0v) is 17.0. The van der Waals surface area contributed by atoms with Gasteiger partial charge in [0.25, 0.3) is 0 Å². The highest BCUT2D eigenvalue weighted by atomic mass is 19.4. The first kappa shape index (κ1) is 21.3. The Balaban J connectivity index is 1.56. The lowest BCUT2D eigenvalue weighted by Crippen LogP contribution is -2.21. The summed E-state index contributed by atoms with van der Waals surface area (Å²) in [6.07, 6.45) is -0.984. The number of carbonyl (C=O) groups excluding carboxylic acids is 1. The molecule has 3 heterocycles. The number of halogens is 3. The fourth-order valence-corrected chi connectivity index (χ4v) is 3.14. The number of ether oxygens (including phenoxy) is 1. The summed E-state index contributed by atoms with van der Waals surface area (Å²) in [5, 5.41) is 9.57. The summed E-state index contributed by atoms with van der Waals surface area (Å²) in [5.41, 5.74) is 0.218. The third kappa shape index (κ3) is 4.39. The zero-order valence-electron chi connectivity index (χ0n) is 17.0. The summed E-state index contributed by atoms with van der Waals surface area (Å²) >= 11 is 0. The second-order valence-corrected chi connectivity index (χ2v) is 6.88. The molecule has 166 valence electrons. The number of hydrogen-bond donors (Lipinski definition) is 2. The van der Waals surface area contributed by atoms with E-state index in [0.29, 0.717) is 29.1 Å². The van der Waals surface area contributed by atoms with E-state index in [1.54, 1.807) is 37.4 Å². The minimum absolute atomic E-state index is 0.358. The van der Waals surface area contributed by atoms with Gasteiger partial charge in [0, 0.05) is 37.4 Å². The summed E-state index contributed by atoms with van der Waals surface area (Å²) in [6, 6.07) is 7.53. The van der Waals surface area contributed by atoms with Crippen molar-refractivity contribution in [3.05, 3.63) is 60.3 Å². The predicted octanol–water partition coefficient (Wildman–Crippen LogP) is 3.78. The molecular weight excluding hydrogens is 427 g/mol. The van der Waals surface area contributed by atoms with Crippen LogP contribution in [0.1, 0.15) is 11.3 Å². The van der Waals surface area contributed by atoms with Gasteiger partial charge in [-0.1, -0.05) is 0 Å². The number of nitrogens with zero attached hydrogens (tertiary/aromatic N) is 5. The van der Waals surface area contributed by atoms with E-state index in [2.05, 4.69) is 25.7 Å². The molecule has 0 saturated heterocycles. The third-order valence-corrected chi connectivity index (χ3v) is 4.52. The summed E-state index contributed by atoms with van der Waals surface area (Å²) in [6.45, 7) is 0.558. The fraction of sp³-hybridized carbons (Fsp3) is 0.200. The number of alkyl halides is 3. The van der Waals surface area contributed by atoms with Gasteiger partial charge in [-0.3, -0.25) is 14.6 Å². The molecule has 0 fully saturated rings. The van der Waals surface area contributed by atoms with E-state index in [9.17, 15) is 18.0 Å². The zero-order chi connectivity index (χ0) is 22.9. The highest BCUT2D eigenvalue weighted by molar-refractivity contribution is 5.98. The molecular formula is C20H18F3N7O2. The molecule has 0 atom stereocenters. The fourth-order valence-electron chi connectivity index (χ4n) is 3.14. The quantitative estimate of drug-likeness (QED) is 0.485. The number of fused-ring (bicyclic) bond motifs is 1. The standard InChI is InChI=1S/C20H18F3N7O2/c1-24-9-13-8-17(26-11-25-13)32-14-3-4-16-12(7-14)5-6-30(16)19(31)27-18-15(20(21,22)23)10-29(2)28-18/h3-8,10-11,24H,9H2,1-2H3,(H,27,28,31). The van der Waals surface area contributed by atoms with Gasteiger partial charge in [-0.2, -0.15) is 18.3 Å². The number of nitrogens with one attached hydrogen (secondary N) is 2. The largest absolute Gasteiger partial charge is 0.439 e. The molecule has 0 spiro atoms. The van der Waals surface area contributed by atoms with Gasteiger partial charge < -0.3 is 10.1 Å². The van der Waals surface area contributed by atoms with Gasteiger partial charge in [0.2, 0.25) is 5.88 Å². The highest BCUT2D eigenvalue weighted by Gasteiger charge is 2.36.